The van der Waals surface area contributed by atoms with Crippen molar-refractivity contribution in [1.82, 2.24) is 14.5 Å². The number of ether oxygens (including phenoxy) is 1. The first-order valence-corrected chi connectivity index (χ1v) is 10.1. The van der Waals surface area contributed by atoms with E-state index in [0.29, 0.717) is 16.7 Å². The molecular weight excluding hydrogens is 386 g/mol. The summed E-state index contributed by atoms with van der Waals surface area (Å²) in [5.41, 5.74) is 4.44. The third kappa shape index (κ3) is 3.30. The van der Waals surface area contributed by atoms with Gasteiger partial charge in [0.1, 0.15) is 11.6 Å². The fourth-order valence-corrected chi connectivity index (χ4v) is 3.86. The van der Waals surface area contributed by atoms with Crippen molar-refractivity contribution in [2.75, 3.05) is 7.11 Å². The van der Waals surface area contributed by atoms with E-state index >= 15 is 0 Å². The van der Waals surface area contributed by atoms with Crippen LogP contribution in [0, 0.1) is 6.92 Å². The molecule has 0 aliphatic rings. The lowest BCUT2D eigenvalue weighted by Crippen LogP contribution is -2.23. The van der Waals surface area contributed by atoms with Crippen LogP contribution in [0.1, 0.15) is 17.0 Å². The fourth-order valence-electron chi connectivity index (χ4n) is 3.86. The largest absolute Gasteiger partial charge is 0.497 e. The standard InChI is InChI=1S/C26H21N3O2/c1-17-7-3-6-10-24(17)29-25(28-23-9-5-4-8-20(23)26(29)30)14-11-18-16-27-22-13-12-19(31-2)15-21(18)22/h3-16,27H,1-2H3/b14-11+. The zero-order chi connectivity index (χ0) is 21.4. The van der Waals surface area contributed by atoms with Crippen LogP contribution in [-0.4, -0.2) is 21.6 Å². The monoisotopic (exact) mass is 407 g/mol. The topological polar surface area (TPSA) is 59.9 Å². The molecule has 0 aliphatic carbocycles. The Morgan fingerprint density at radius 1 is 0.968 bits per heavy atom. The number of nitrogens with zero attached hydrogens (tertiary/aromatic N) is 2. The molecule has 0 spiro atoms. The summed E-state index contributed by atoms with van der Waals surface area (Å²) in [7, 11) is 1.66. The van der Waals surface area contributed by atoms with Crippen molar-refractivity contribution in [3.05, 3.63) is 100 Å². The van der Waals surface area contributed by atoms with Crippen LogP contribution in [0.4, 0.5) is 0 Å². The quantitative estimate of drug-likeness (QED) is 0.437. The van der Waals surface area contributed by atoms with Crippen molar-refractivity contribution >= 4 is 34.0 Å². The number of benzene rings is 3. The summed E-state index contributed by atoms with van der Waals surface area (Å²) >= 11 is 0. The second kappa shape index (κ2) is 7.61. The normalized spacial score (nSPS) is 11.5. The van der Waals surface area contributed by atoms with E-state index in [1.807, 2.05) is 92.0 Å². The molecule has 5 heteroatoms. The van der Waals surface area contributed by atoms with Crippen molar-refractivity contribution in [2.24, 2.45) is 0 Å². The molecule has 0 saturated carbocycles. The lowest BCUT2D eigenvalue weighted by atomic mass is 10.1. The predicted octanol–water partition coefficient (Wildman–Crippen LogP) is 5.35. The van der Waals surface area contributed by atoms with Crippen molar-refractivity contribution < 1.29 is 4.74 Å². The molecule has 0 unspecified atom stereocenters. The van der Waals surface area contributed by atoms with Crippen molar-refractivity contribution in [3.8, 4) is 11.4 Å². The Kier molecular flexibility index (Phi) is 4.64. The minimum absolute atomic E-state index is 0.0832. The number of rotatable bonds is 4. The van der Waals surface area contributed by atoms with Crippen LogP contribution in [0.25, 0.3) is 39.6 Å². The number of fused-ring (bicyclic) bond motifs is 2. The Balaban J connectivity index is 1.72. The molecule has 0 fully saturated rings. The van der Waals surface area contributed by atoms with Gasteiger partial charge in [0, 0.05) is 22.7 Å². The number of aromatic amines is 1. The molecule has 2 heterocycles. The summed E-state index contributed by atoms with van der Waals surface area (Å²) in [5, 5.41) is 1.64. The number of hydrogen-bond donors (Lipinski definition) is 1. The maximum atomic E-state index is 13.4. The molecule has 0 atom stereocenters. The van der Waals surface area contributed by atoms with Crippen LogP contribution in [0.3, 0.4) is 0 Å². The Bertz CT molecular complexity index is 1510. The Labute approximate surface area is 179 Å². The van der Waals surface area contributed by atoms with Gasteiger partial charge in [0.15, 0.2) is 0 Å². The highest BCUT2D eigenvalue weighted by Gasteiger charge is 2.12. The van der Waals surface area contributed by atoms with E-state index in [0.717, 1.165) is 33.5 Å². The van der Waals surface area contributed by atoms with E-state index < -0.39 is 0 Å². The summed E-state index contributed by atoms with van der Waals surface area (Å²) in [5.74, 6) is 1.37. The van der Waals surface area contributed by atoms with E-state index in [9.17, 15) is 4.79 Å². The van der Waals surface area contributed by atoms with E-state index in [1.165, 1.54) is 0 Å². The molecule has 5 nitrogen and oxygen atoms in total. The number of nitrogens with one attached hydrogen (secondary N) is 1. The lowest BCUT2D eigenvalue weighted by molar-refractivity contribution is 0.415. The van der Waals surface area contributed by atoms with Crippen LogP contribution in [0.5, 0.6) is 5.75 Å². The van der Waals surface area contributed by atoms with Gasteiger partial charge in [-0.2, -0.15) is 0 Å². The number of H-pyrrole nitrogens is 1. The molecule has 0 aliphatic heterocycles. The first-order valence-electron chi connectivity index (χ1n) is 10.1. The molecule has 0 amide bonds. The predicted molar refractivity (Wildman–Crippen MR) is 126 cm³/mol. The van der Waals surface area contributed by atoms with Gasteiger partial charge < -0.3 is 9.72 Å². The maximum Gasteiger partial charge on any atom is 0.266 e. The second-order valence-electron chi connectivity index (χ2n) is 7.40. The zero-order valence-corrected chi connectivity index (χ0v) is 17.3. The van der Waals surface area contributed by atoms with Crippen LogP contribution < -0.4 is 10.3 Å². The smallest absolute Gasteiger partial charge is 0.266 e. The van der Waals surface area contributed by atoms with Gasteiger partial charge in [-0.15, -0.1) is 0 Å². The first kappa shape index (κ1) is 18.9. The van der Waals surface area contributed by atoms with E-state index in [2.05, 4.69) is 4.98 Å². The average Bonchev–Trinajstić information content (AvgIpc) is 3.20. The Morgan fingerprint density at radius 3 is 2.61 bits per heavy atom. The average molecular weight is 407 g/mol. The van der Waals surface area contributed by atoms with Crippen molar-refractivity contribution in [3.63, 3.8) is 0 Å². The summed E-state index contributed by atoms with van der Waals surface area (Å²) in [6.07, 6.45) is 5.81. The lowest BCUT2D eigenvalue weighted by Gasteiger charge is -2.13. The van der Waals surface area contributed by atoms with E-state index in [-0.39, 0.29) is 5.56 Å². The highest BCUT2D eigenvalue weighted by molar-refractivity contribution is 5.92. The fraction of sp³-hybridized carbons (Fsp3) is 0.0769. The molecule has 0 bridgehead atoms. The van der Waals surface area contributed by atoms with E-state index in [1.54, 1.807) is 11.7 Å². The van der Waals surface area contributed by atoms with Crippen LogP contribution in [-0.2, 0) is 0 Å². The molecular formula is C26H21N3O2. The number of para-hydroxylation sites is 2. The number of methoxy groups -OCH3 is 1. The molecule has 2 aromatic heterocycles. The number of aromatic nitrogens is 3. The molecule has 31 heavy (non-hydrogen) atoms. The van der Waals surface area contributed by atoms with Gasteiger partial charge in [-0.3, -0.25) is 9.36 Å². The SMILES string of the molecule is COc1ccc2[nH]cc(/C=C/c3nc4ccccc4c(=O)n3-c3ccccc3C)c2c1. The first-order chi connectivity index (χ1) is 15.2. The van der Waals surface area contributed by atoms with E-state index in [4.69, 9.17) is 9.72 Å². The molecule has 3 aromatic carbocycles. The second-order valence-corrected chi connectivity index (χ2v) is 7.40. The highest BCUT2D eigenvalue weighted by atomic mass is 16.5. The van der Waals surface area contributed by atoms with Gasteiger partial charge in [0.25, 0.3) is 5.56 Å². The summed E-state index contributed by atoms with van der Waals surface area (Å²) < 4.78 is 7.05. The minimum Gasteiger partial charge on any atom is -0.497 e. The van der Waals surface area contributed by atoms with Gasteiger partial charge in [-0.05, 0) is 61.0 Å². The van der Waals surface area contributed by atoms with Crippen LogP contribution >= 0.6 is 0 Å². The van der Waals surface area contributed by atoms with Crippen LogP contribution in [0.2, 0.25) is 0 Å². The van der Waals surface area contributed by atoms with Gasteiger partial charge in [0.2, 0.25) is 0 Å². The third-order valence-corrected chi connectivity index (χ3v) is 5.49. The summed E-state index contributed by atoms with van der Waals surface area (Å²) in [4.78, 5) is 21.5. The van der Waals surface area contributed by atoms with Gasteiger partial charge in [-0.1, -0.05) is 30.3 Å². The molecule has 5 aromatic rings. The van der Waals surface area contributed by atoms with Crippen LogP contribution in [0.15, 0.2) is 77.7 Å². The summed E-state index contributed by atoms with van der Waals surface area (Å²) in [6.45, 7) is 2.00. The molecule has 0 saturated heterocycles. The van der Waals surface area contributed by atoms with Gasteiger partial charge in [0.05, 0.1) is 23.7 Å². The summed E-state index contributed by atoms with van der Waals surface area (Å²) in [6, 6.07) is 21.2. The van der Waals surface area contributed by atoms with Crippen molar-refractivity contribution in [2.45, 2.75) is 6.92 Å². The van der Waals surface area contributed by atoms with Gasteiger partial charge >= 0.3 is 0 Å². The molecule has 152 valence electrons. The molecule has 1 N–H and O–H groups in total. The van der Waals surface area contributed by atoms with Crippen molar-refractivity contribution in [1.29, 1.82) is 0 Å². The minimum atomic E-state index is -0.0832. The Hall–Kier alpha value is -4.12. The highest BCUT2D eigenvalue weighted by Crippen LogP contribution is 2.25. The number of hydrogen-bond acceptors (Lipinski definition) is 3. The third-order valence-electron chi connectivity index (χ3n) is 5.49. The van der Waals surface area contributed by atoms with Gasteiger partial charge in [-0.25, -0.2) is 4.98 Å². The molecule has 0 radical (unpaired) electrons. The number of aryl methyl sites for hydroxylation is 1. The Morgan fingerprint density at radius 2 is 1.77 bits per heavy atom. The maximum absolute atomic E-state index is 13.4. The molecule has 5 rings (SSSR count). The zero-order valence-electron chi connectivity index (χ0n) is 17.3.